The summed E-state index contributed by atoms with van der Waals surface area (Å²) in [5, 5.41) is 137. The van der Waals surface area contributed by atoms with Crippen LogP contribution in [0.1, 0.15) is 118 Å². The summed E-state index contributed by atoms with van der Waals surface area (Å²) in [6, 6.07) is -0.141. The monoisotopic (exact) mass is 1940 g/mol. The molecule has 1 saturated carbocycles. The molecule has 13 unspecified atom stereocenters. The molecule has 0 amide bonds. The van der Waals surface area contributed by atoms with E-state index in [2.05, 4.69) is 42.5 Å². The second kappa shape index (κ2) is 68.3. The molecule has 0 aliphatic heterocycles. The number of nitrogens with zero attached hydrogens (tertiary/aromatic N) is 21. The Morgan fingerprint density at radius 1 is 0.296 bits per heavy atom. The van der Waals surface area contributed by atoms with Crippen molar-refractivity contribution >= 4 is 0 Å². The highest BCUT2D eigenvalue weighted by molar-refractivity contribution is 4.90. The Morgan fingerprint density at radius 2 is 0.541 bits per heavy atom. The van der Waals surface area contributed by atoms with Crippen LogP contribution in [0.2, 0.25) is 0 Å². The van der Waals surface area contributed by atoms with Gasteiger partial charge in [-0.15, -0.1) is 0 Å². The number of rotatable bonds is 71. The lowest BCUT2D eigenvalue weighted by Crippen LogP contribution is -2.58. The van der Waals surface area contributed by atoms with Gasteiger partial charge in [0.25, 0.3) is 0 Å². The maximum atomic E-state index is 13.6. The van der Waals surface area contributed by atoms with Gasteiger partial charge in [0, 0.05) is 65.0 Å². The number of hydrogen-bond acceptors (Lipinski definition) is 37. The van der Waals surface area contributed by atoms with E-state index >= 15 is 0 Å². The molecule has 790 valence electrons. The average Bonchev–Trinajstić information content (AvgIpc) is 0.786. The van der Waals surface area contributed by atoms with Gasteiger partial charge in [-0.2, -0.15) is 0 Å². The van der Waals surface area contributed by atoms with Gasteiger partial charge in [-0.25, -0.2) is 84.3 Å². The van der Waals surface area contributed by atoms with E-state index in [1.54, 1.807) is 20.8 Å². The standard InChI is InChI=1S/C31H64N8O8.C30H60N8O7.C28H58N8O7/c1-8-10-17-47-24-27(42)20-36(16-12-14-34(5)6)19-26(41)22-38-29(44)37(21-25(40)18-35(7)15-11-13-33(3)4)30(45)39(31(38)46)23-28(43)32-9-2;1-7-31-27(42)22-38-29(44)36(20-23(39)18-34(6)16-10-14-32(2)3)28(43)37(30(38)45)21-24(40)19-35(17-11-15-33(4)5)25-12-8-9-13-26(25)41;1-8-22(37)17-33(15-11-13-31(5)6)18-24(39)20-35-26(41)34(19-23(38)16-32(7)14-10-12-30(3)4)27(42)36(28(35)43)21-25(40)29-9-2/h25-28,32,40-43H,8-24H2,1-7H3;23-27,31,39-42H,7-22H2,1-6H3;22-25,29,37-40H,8-21H2,1-7H3. The smallest absolute Gasteiger partial charge is 0.336 e. The fourth-order valence-electron chi connectivity index (χ4n) is 16.2. The maximum Gasteiger partial charge on any atom is 0.336 e. The third-order valence-corrected chi connectivity index (χ3v) is 23.0. The highest BCUT2D eigenvalue weighted by Crippen LogP contribution is 2.24. The zero-order valence-corrected chi connectivity index (χ0v) is 85.6. The van der Waals surface area contributed by atoms with Gasteiger partial charge in [-0.05, 0) is 268 Å². The van der Waals surface area contributed by atoms with Gasteiger partial charge in [0.05, 0.1) is 120 Å². The van der Waals surface area contributed by atoms with Crippen LogP contribution in [0.4, 0.5) is 0 Å². The molecule has 0 aromatic carbocycles. The van der Waals surface area contributed by atoms with Gasteiger partial charge in [-0.3, -0.25) is 30.7 Å². The molecule has 15 N–H and O–H groups in total. The quantitative estimate of drug-likeness (QED) is 0.0184. The first-order chi connectivity index (χ1) is 63.6. The number of hydrogen-bond donors (Lipinski definition) is 15. The van der Waals surface area contributed by atoms with Gasteiger partial charge < -0.3 is 110 Å². The SMILES string of the molecule is CCCCOCC(O)CN(CCCN(C)C)CC(O)Cn1c(=O)n(CC(O)CN(C)CCCN(C)C)c(=O)n(CC(O)NCC)c1=O.CCNC(O)Cn1c(=O)n(CC(O)CN(C)CCCN(C)C)c(=O)n(CC(O)CN(CCCN(C)C)C2CCCCC2O)c1=O.CCNC(O)Cn1c(=O)n(CC(O)CN(C)CCCN(C)C)c(=O)n(CC(O)CN(CCCN(C)C)CC(O)CC)c1=O. The molecule has 3 aromatic rings. The number of aromatic nitrogens is 9. The third-order valence-electron chi connectivity index (χ3n) is 23.0. The van der Waals surface area contributed by atoms with Crippen molar-refractivity contribution in [3.63, 3.8) is 0 Å². The van der Waals surface area contributed by atoms with Crippen molar-refractivity contribution in [2.75, 3.05) is 269 Å². The number of aliphatic hydroxyl groups is 12. The molecular weight excluding hydrogens is 1760 g/mol. The molecule has 3 aromatic heterocycles. The minimum atomic E-state index is -1.24. The molecule has 135 heavy (non-hydrogen) atoms. The highest BCUT2D eigenvalue weighted by Gasteiger charge is 2.33. The number of aliphatic hydroxyl groups excluding tert-OH is 12. The van der Waals surface area contributed by atoms with Gasteiger partial charge in [0.1, 0.15) is 18.7 Å². The molecule has 1 aliphatic rings. The molecule has 3 heterocycles. The minimum Gasteiger partial charge on any atom is -0.392 e. The van der Waals surface area contributed by atoms with E-state index in [-0.39, 0.29) is 84.6 Å². The Kier molecular flexibility index (Phi) is 63.3. The predicted octanol–water partition coefficient (Wildman–Crippen LogP) is -8.87. The Hall–Kier alpha value is -5.89. The Morgan fingerprint density at radius 3 is 0.807 bits per heavy atom. The van der Waals surface area contributed by atoms with Gasteiger partial charge in [-0.1, -0.05) is 53.9 Å². The van der Waals surface area contributed by atoms with Crippen LogP contribution >= 0.6 is 0 Å². The van der Waals surface area contributed by atoms with Crippen LogP contribution in [-0.2, 0) is 63.6 Å². The van der Waals surface area contributed by atoms with Crippen LogP contribution in [0.15, 0.2) is 43.2 Å². The molecule has 4 rings (SSSR count). The van der Waals surface area contributed by atoms with Crippen molar-refractivity contribution in [1.29, 1.82) is 0 Å². The molecule has 0 bridgehead atoms. The maximum absolute atomic E-state index is 13.6. The van der Waals surface area contributed by atoms with Crippen molar-refractivity contribution in [2.45, 2.75) is 257 Å². The van der Waals surface area contributed by atoms with E-state index < -0.39 is 158 Å². The van der Waals surface area contributed by atoms with Crippen molar-refractivity contribution in [3.05, 3.63) is 94.4 Å². The minimum absolute atomic E-state index is 0.0465. The molecule has 1 aliphatic carbocycles. The lowest BCUT2D eigenvalue weighted by atomic mass is 9.91. The fourth-order valence-corrected chi connectivity index (χ4v) is 16.2. The second-order valence-corrected chi connectivity index (χ2v) is 38.0. The highest BCUT2D eigenvalue weighted by atomic mass is 16.5. The topological polar surface area (TPSA) is 525 Å². The summed E-state index contributed by atoms with van der Waals surface area (Å²) in [6.07, 6.45) is -1.64. The summed E-state index contributed by atoms with van der Waals surface area (Å²) in [6.45, 7) is 17.8. The van der Waals surface area contributed by atoms with Crippen molar-refractivity contribution in [1.82, 2.24) is 116 Å². The van der Waals surface area contributed by atoms with E-state index in [0.29, 0.717) is 84.9 Å². The summed E-state index contributed by atoms with van der Waals surface area (Å²) in [5.41, 5.74) is -8.50. The summed E-state index contributed by atoms with van der Waals surface area (Å²) in [5.74, 6) is 0. The normalized spacial score (nSPS) is 16.5. The number of ether oxygens (including phenoxy) is 1. The van der Waals surface area contributed by atoms with Crippen molar-refractivity contribution in [3.8, 4) is 0 Å². The summed E-state index contributed by atoms with van der Waals surface area (Å²) >= 11 is 0. The van der Waals surface area contributed by atoms with Crippen LogP contribution in [0.25, 0.3) is 0 Å². The van der Waals surface area contributed by atoms with E-state index in [1.807, 2.05) is 152 Å². The third kappa shape index (κ3) is 49.9. The lowest BCUT2D eigenvalue weighted by Gasteiger charge is -2.39. The Bertz CT molecular complexity index is 4250. The van der Waals surface area contributed by atoms with Crippen molar-refractivity contribution < 1.29 is 66.0 Å². The molecule has 46 nitrogen and oxygen atoms in total. The fraction of sp³-hybridized carbons (Fsp3) is 0.899. The molecule has 1 fully saturated rings. The Balaban J connectivity index is 0.000000686. The predicted molar refractivity (Wildman–Crippen MR) is 525 cm³/mol. The molecular formula is C89H182N24O22. The molecule has 13 atom stereocenters. The second-order valence-electron chi connectivity index (χ2n) is 38.0. The number of likely N-dealkylation sites (N-methyl/N-ethyl adjacent to an activating group) is 6. The van der Waals surface area contributed by atoms with Gasteiger partial charge >= 0.3 is 51.2 Å². The molecule has 0 saturated heterocycles. The zero-order chi connectivity index (χ0) is 102. The van der Waals surface area contributed by atoms with Crippen LogP contribution < -0.4 is 67.2 Å². The van der Waals surface area contributed by atoms with Gasteiger partial charge in [0.15, 0.2) is 0 Å². The van der Waals surface area contributed by atoms with Crippen LogP contribution in [0, 0.1) is 0 Å². The van der Waals surface area contributed by atoms with E-state index in [4.69, 9.17) is 4.74 Å². The van der Waals surface area contributed by atoms with Crippen LogP contribution in [0.3, 0.4) is 0 Å². The number of unbranched alkanes of at least 4 members (excludes halogenated alkanes) is 1. The number of nitrogens with one attached hydrogen (secondary N) is 3. The average molecular weight is 1940 g/mol. The van der Waals surface area contributed by atoms with Gasteiger partial charge in [0.2, 0.25) is 0 Å². The summed E-state index contributed by atoms with van der Waals surface area (Å²) < 4.78 is 12.6. The van der Waals surface area contributed by atoms with E-state index in [0.717, 1.165) is 151 Å². The Labute approximate surface area is 798 Å². The van der Waals surface area contributed by atoms with E-state index in [9.17, 15) is 104 Å². The van der Waals surface area contributed by atoms with Crippen LogP contribution in [-0.4, -0.2) is 510 Å². The molecule has 0 spiro atoms. The molecule has 46 heteroatoms. The zero-order valence-electron chi connectivity index (χ0n) is 85.6. The van der Waals surface area contributed by atoms with Crippen LogP contribution in [0.5, 0.6) is 0 Å². The largest absolute Gasteiger partial charge is 0.392 e. The molecule has 0 radical (unpaired) electrons. The van der Waals surface area contributed by atoms with Crippen molar-refractivity contribution in [2.24, 2.45) is 0 Å². The summed E-state index contributed by atoms with van der Waals surface area (Å²) in [4.78, 5) is 145. The lowest BCUT2D eigenvalue weighted by molar-refractivity contribution is -0.00659. The first kappa shape index (κ1) is 125. The first-order valence-electron chi connectivity index (χ1n) is 48.5. The first-order valence-corrected chi connectivity index (χ1v) is 48.5. The summed E-state index contributed by atoms with van der Waals surface area (Å²) in [7, 11) is 29.2. The van der Waals surface area contributed by atoms with E-state index in [1.165, 1.54) is 0 Å².